The van der Waals surface area contributed by atoms with Gasteiger partial charge in [-0.3, -0.25) is 4.79 Å². The Balaban J connectivity index is 1.72. The van der Waals surface area contributed by atoms with E-state index in [1.165, 1.54) is 18.5 Å². The fourth-order valence-corrected chi connectivity index (χ4v) is 4.20. The van der Waals surface area contributed by atoms with Gasteiger partial charge in [0.25, 0.3) is 0 Å². The first kappa shape index (κ1) is 22.7. The van der Waals surface area contributed by atoms with E-state index in [1.54, 1.807) is 27.8 Å². The summed E-state index contributed by atoms with van der Waals surface area (Å²) >= 11 is 0. The van der Waals surface area contributed by atoms with Gasteiger partial charge in [0.15, 0.2) is 11.9 Å². The molecule has 0 saturated carbocycles. The van der Waals surface area contributed by atoms with Gasteiger partial charge in [-0.2, -0.15) is 0 Å². The van der Waals surface area contributed by atoms with Crippen LogP contribution >= 0.6 is 0 Å². The second kappa shape index (κ2) is 8.46. The van der Waals surface area contributed by atoms with E-state index in [-0.39, 0.29) is 24.0 Å². The Morgan fingerprint density at radius 3 is 2.61 bits per heavy atom. The molecule has 0 bridgehead atoms. The lowest BCUT2D eigenvalue weighted by molar-refractivity contribution is 0.0130. The summed E-state index contributed by atoms with van der Waals surface area (Å²) in [6.45, 7) is 10.4. The van der Waals surface area contributed by atoms with Crippen molar-refractivity contribution < 1.29 is 18.7 Å². The number of fused-ring (bicyclic) bond motifs is 1. The minimum absolute atomic E-state index is 0.0798. The van der Waals surface area contributed by atoms with Crippen LogP contribution < -0.4 is 4.90 Å². The fourth-order valence-electron chi connectivity index (χ4n) is 4.20. The number of benzene rings is 1. The van der Waals surface area contributed by atoms with E-state index >= 15 is 0 Å². The highest BCUT2D eigenvalue weighted by atomic mass is 19.1. The molecule has 1 amide bonds. The third kappa shape index (κ3) is 4.40. The highest BCUT2D eigenvalue weighted by Gasteiger charge is 2.36. The summed E-state index contributed by atoms with van der Waals surface area (Å²) in [5, 5.41) is 0.599. The Kier molecular flexibility index (Phi) is 5.82. The average molecular weight is 454 g/mol. The van der Waals surface area contributed by atoms with Crippen LogP contribution in [0.4, 0.5) is 15.0 Å². The van der Waals surface area contributed by atoms with Crippen LogP contribution in [0.3, 0.4) is 0 Å². The van der Waals surface area contributed by atoms with Gasteiger partial charge < -0.3 is 19.1 Å². The van der Waals surface area contributed by atoms with E-state index in [9.17, 15) is 14.0 Å². The van der Waals surface area contributed by atoms with E-state index in [1.807, 2.05) is 34.6 Å². The summed E-state index contributed by atoms with van der Waals surface area (Å²) in [6.07, 6.45) is 3.51. The molecular formula is C24H28FN5O3. The average Bonchev–Trinajstić information content (AvgIpc) is 3.13. The molecule has 0 N–H and O–H groups in total. The van der Waals surface area contributed by atoms with Crippen LogP contribution in [-0.2, 0) is 4.74 Å². The second-order valence-electron chi connectivity index (χ2n) is 9.43. The molecular weight excluding hydrogens is 425 g/mol. The number of carbonyl (C=O) groups excluding carboxylic acids is 2. The summed E-state index contributed by atoms with van der Waals surface area (Å²) in [6, 6.07) is 5.90. The van der Waals surface area contributed by atoms with E-state index in [0.717, 1.165) is 6.29 Å². The largest absolute Gasteiger partial charge is 0.444 e. The second-order valence-corrected chi connectivity index (χ2v) is 9.43. The number of hydrogen-bond donors (Lipinski definition) is 0. The number of aromatic nitrogens is 3. The first-order valence-corrected chi connectivity index (χ1v) is 10.9. The summed E-state index contributed by atoms with van der Waals surface area (Å²) in [7, 11) is 0. The van der Waals surface area contributed by atoms with Crippen LogP contribution in [0.25, 0.3) is 16.7 Å². The monoisotopic (exact) mass is 453 g/mol. The van der Waals surface area contributed by atoms with Crippen molar-refractivity contribution in [1.29, 1.82) is 0 Å². The van der Waals surface area contributed by atoms with Gasteiger partial charge >= 0.3 is 6.09 Å². The number of nitrogens with zero attached hydrogens (tertiary/aromatic N) is 5. The van der Waals surface area contributed by atoms with Crippen LogP contribution in [-0.4, -0.2) is 62.6 Å². The van der Waals surface area contributed by atoms with Crippen molar-refractivity contribution in [2.45, 2.75) is 52.3 Å². The summed E-state index contributed by atoms with van der Waals surface area (Å²) in [5.41, 5.74) is 0.921. The van der Waals surface area contributed by atoms with E-state index in [4.69, 9.17) is 4.74 Å². The third-order valence-electron chi connectivity index (χ3n) is 5.69. The van der Waals surface area contributed by atoms with Gasteiger partial charge in [0.1, 0.15) is 23.6 Å². The normalized spacial score (nSPS) is 19.1. The molecule has 8 nitrogen and oxygen atoms in total. The zero-order valence-electron chi connectivity index (χ0n) is 19.4. The molecule has 2 aromatic heterocycles. The predicted molar refractivity (Wildman–Crippen MR) is 123 cm³/mol. The van der Waals surface area contributed by atoms with Crippen LogP contribution in [0.5, 0.6) is 0 Å². The van der Waals surface area contributed by atoms with Crippen LogP contribution in [0, 0.1) is 5.82 Å². The first-order chi connectivity index (χ1) is 15.6. The molecule has 1 aliphatic rings. The maximum atomic E-state index is 13.8. The number of ether oxygens (including phenoxy) is 1. The lowest BCUT2D eigenvalue weighted by Crippen LogP contribution is -2.59. The molecule has 1 fully saturated rings. The van der Waals surface area contributed by atoms with Gasteiger partial charge in [0.2, 0.25) is 0 Å². The number of amides is 1. The Bertz CT molecular complexity index is 1200. The molecule has 1 aliphatic heterocycles. The van der Waals surface area contributed by atoms with E-state index in [2.05, 4.69) is 14.9 Å². The zero-order chi connectivity index (χ0) is 23.9. The molecule has 0 radical (unpaired) electrons. The third-order valence-corrected chi connectivity index (χ3v) is 5.69. The van der Waals surface area contributed by atoms with Gasteiger partial charge in [0, 0.05) is 42.6 Å². The minimum atomic E-state index is -0.575. The summed E-state index contributed by atoms with van der Waals surface area (Å²) in [5.74, 6) is 0.234. The molecule has 3 aromatic rings. The molecule has 33 heavy (non-hydrogen) atoms. The summed E-state index contributed by atoms with van der Waals surface area (Å²) < 4.78 is 21.1. The lowest BCUT2D eigenvalue weighted by atomic mass is 10.1. The Morgan fingerprint density at radius 1 is 1.18 bits per heavy atom. The van der Waals surface area contributed by atoms with Crippen molar-refractivity contribution in [2.24, 2.45) is 0 Å². The molecule has 1 saturated heterocycles. The zero-order valence-corrected chi connectivity index (χ0v) is 19.4. The first-order valence-electron chi connectivity index (χ1n) is 10.9. The van der Waals surface area contributed by atoms with Crippen molar-refractivity contribution in [2.75, 3.05) is 18.0 Å². The summed E-state index contributed by atoms with van der Waals surface area (Å²) in [4.78, 5) is 37.4. The van der Waals surface area contributed by atoms with Gasteiger partial charge in [-0.25, -0.2) is 19.2 Å². The number of halogens is 1. The van der Waals surface area contributed by atoms with Crippen LogP contribution in [0.15, 0.2) is 36.8 Å². The Labute approximate surface area is 192 Å². The van der Waals surface area contributed by atoms with Crippen molar-refractivity contribution in [1.82, 2.24) is 19.4 Å². The molecule has 1 aromatic carbocycles. The highest BCUT2D eigenvalue weighted by molar-refractivity contribution is 6.03. The van der Waals surface area contributed by atoms with Gasteiger partial charge in [-0.1, -0.05) is 6.07 Å². The Morgan fingerprint density at radius 2 is 1.94 bits per heavy atom. The number of hydrogen-bond acceptors (Lipinski definition) is 6. The molecule has 174 valence electrons. The molecule has 0 aliphatic carbocycles. The molecule has 0 spiro atoms. The standard InChI is InChI=1S/C24H28FN5O3/c1-15-11-29(23(32)33-24(3,4)5)16(2)10-28(15)21-20-17(13-31)12-30(22(20)27-14-26-21)19-8-6-7-18(25)9-19/h6-9,12-16H,10-11H2,1-5H3/t15?,16-/m0/s1. The number of carbonyl (C=O) groups is 2. The molecule has 9 heteroatoms. The number of rotatable bonds is 3. The van der Waals surface area contributed by atoms with Crippen molar-refractivity contribution in [3.8, 4) is 5.69 Å². The van der Waals surface area contributed by atoms with Gasteiger partial charge in [-0.15, -0.1) is 0 Å². The van der Waals surface area contributed by atoms with Gasteiger partial charge in [0.05, 0.1) is 5.39 Å². The van der Waals surface area contributed by atoms with Crippen LogP contribution in [0.1, 0.15) is 45.0 Å². The van der Waals surface area contributed by atoms with Crippen molar-refractivity contribution in [3.63, 3.8) is 0 Å². The maximum absolute atomic E-state index is 13.8. The lowest BCUT2D eigenvalue weighted by Gasteiger charge is -2.44. The molecule has 4 rings (SSSR count). The fraction of sp³-hybridized carbons (Fsp3) is 0.417. The molecule has 3 heterocycles. The number of aldehydes is 1. The van der Waals surface area contributed by atoms with E-state index < -0.39 is 5.60 Å². The quantitative estimate of drug-likeness (QED) is 0.553. The Hall–Kier alpha value is -3.49. The smallest absolute Gasteiger partial charge is 0.410 e. The van der Waals surface area contributed by atoms with Gasteiger partial charge in [-0.05, 0) is 52.8 Å². The highest BCUT2D eigenvalue weighted by Crippen LogP contribution is 2.32. The molecule has 2 atom stereocenters. The predicted octanol–water partition coefficient (Wildman–Crippen LogP) is 4.21. The van der Waals surface area contributed by atoms with Crippen LogP contribution in [0.2, 0.25) is 0 Å². The maximum Gasteiger partial charge on any atom is 0.410 e. The number of piperazine rings is 1. The van der Waals surface area contributed by atoms with Crippen molar-refractivity contribution in [3.05, 3.63) is 48.2 Å². The SMILES string of the molecule is CC1CN(C(=O)OC(C)(C)C)[C@@H](C)CN1c1ncnc2c1c(C=O)cn2-c1cccc(F)c1. The number of anilines is 1. The minimum Gasteiger partial charge on any atom is -0.444 e. The topological polar surface area (TPSA) is 80.6 Å². The van der Waals surface area contributed by atoms with E-state index in [0.29, 0.717) is 41.2 Å². The van der Waals surface area contributed by atoms with Crippen molar-refractivity contribution >= 4 is 29.2 Å². The molecule has 1 unspecified atom stereocenters.